The molecule has 0 saturated carbocycles. The molecule has 0 unspecified atom stereocenters. The van der Waals surface area contributed by atoms with E-state index < -0.39 is 5.66 Å². The molecule has 1 fully saturated rings. The summed E-state index contributed by atoms with van der Waals surface area (Å²) in [5.41, 5.74) is 9.60. The average molecular weight is 421 g/mol. The van der Waals surface area contributed by atoms with E-state index in [9.17, 15) is 4.79 Å². The van der Waals surface area contributed by atoms with Gasteiger partial charge in [-0.3, -0.25) is 4.79 Å². The predicted octanol–water partition coefficient (Wildman–Crippen LogP) is 5.59. The summed E-state index contributed by atoms with van der Waals surface area (Å²) in [6, 6.07) is 22.1. The van der Waals surface area contributed by atoms with Crippen molar-refractivity contribution in [2.24, 2.45) is 0 Å². The minimum atomic E-state index is -0.569. The quantitative estimate of drug-likeness (QED) is 0.458. The highest BCUT2D eigenvalue weighted by molar-refractivity contribution is 5.85. The fourth-order valence-electron chi connectivity index (χ4n) is 5.95. The molecular weight excluding hydrogens is 392 g/mol. The first-order valence-corrected chi connectivity index (χ1v) is 11.5. The van der Waals surface area contributed by atoms with Gasteiger partial charge in [0.1, 0.15) is 5.66 Å². The maximum Gasteiger partial charge on any atom is 0.223 e. The van der Waals surface area contributed by atoms with Crippen LogP contribution in [0.15, 0.2) is 66.7 Å². The number of aryl methyl sites for hydroxylation is 1. The van der Waals surface area contributed by atoms with Gasteiger partial charge in [0.2, 0.25) is 5.91 Å². The summed E-state index contributed by atoms with van der Waals surface area (Å²) in [5, 5.41) is 3.39. The largest absolute Gasteiger partial charge is 0.344 e. The van der Waals surface area contributed by atoms with E-state index in [4.69, 9.17) is 0 Å². The summed E-state index contributed by atoms with van der Waals surface area (Å²) in [7, 11) is 0. The van der Waals surface area contributed by atoms with Crippen LogP contribution in [0, 0.1) is 6.92 Å². The fraction of sp³-hybridized carbons (Fsp3) is 0.276. The maximum atomic E-state index is 12.6. The molecule has 2 heterocycles. The first-order chi connectivity index (χ1) is 15.4. The molecule has 3 aromatic carbocycles. The Morgan fingerprint density at radius 3 is 2.66 bits per heavy atom. The summed E-state index contributed by atoms with van der Waals surface area (Å²) >= 11 is 0. The van der Waals surface area contributed by atoms with Crippen molar-refractivity contribution in [1.82, 2.24) is 5.32 Å². The van der Waals surface area contributed by atoms with Crippen LogP contribution in [0.4, 0.5) is 5.69 Å². The van der Waals surface area contributed by atoms with Gasteiger partial charge in [-0.05, 0) is 58.9 Å². The third kappa shape index (κ3) is 2.57. The van der Waals surface area contributed by atoms with Gasteiger partial charge in [-0.2, -0.15) is 0 Å². The Kier molecular flexibility index (Phi) is 3.98. The Morgan fingerprint density at radius 1 is 0.969 bits per heavy atom. The second-order valence-corrected chi connectivity index (χ2v) is 9.95. The van der Waals surface area contributed by atoms with Gasteiger partial charge in [0.15, 0.2) is 0 Å². The minimum absolute atomic E-state index is 0.118. The van der Waals surface area contributed by atoms with Crippen LogP contribution >= 0.6 is 0 Å². The Balaban J connectivity index is 1.42. The summed E-state index contributed by atoms with van der Waals surface area (Å²) in [6.45, 7) is 7.37. The van der Waals surface area contributed by atoms with Crippen molar-refractivity contribution in [3.8, 4) is 11.1 Å². The molecule has 0 spiro atoms. The topological polar surface area (TPSA) is 32.3 Å². The van der Waals surface area contributed by atoms with Crippen LogP contribution < -0.4 is 10.2 Å². The number of benzene rings is 3. The Bertz CT molecular complexity index is 1300. The molecule has 3 heteroatoms. The molecule has 1 saturated heterocycles. The van der Waals surface area contributed by atoms with E-state index in [0.717, 1.165) is 13.0 Å². The van der Waals surface area contributed by atoms with Gasteiger partial charge in [-0.25, -0.2) is 0 Å². The Labute approximate surface area is 189 Å². The highest BCUT2D eigenvalue weighted by atomic mass is 16.2. The second kappa shape index (κ2) is 6.59. The Morgan fingerprint density at radius 2 is 1.78 bits per heavy atom. The fourth-order valence-corrected chi connectivity index (χ4v) is 5.95. The number of nitrogens with zero attached hydrogens (tertiary/aromatic N) is 1. The molecule has 0 bridgehead atoms. The van der Waals surface area contributed by atoms with Gasteiger partial charge in [-0.15, -0.1) is 0 Å². The van der Waals surface area contributed by atoms with Crippen molar-refractivity contribution < 1.29 is 4.79 Å². The van der Waals surface area contributed by atoms with Crippen LogP contribution in [0.25, 0.3) is 17.2 Å². The van der Waals surface area contributed by atoms with Crippen LogP contribution in [0.5, 0.6) is 0 Å². The molecule has 1 atom stereocenters. The van der Waals surface area contributed by atoms with Crippen LogP contribution in [0.1, 0.15) is 48.1 Å². The third-order valence-corrected chi connectivity index (χ3v) is 7.72. The average Bonchev–Trinajstić information content (AvgIpc) is 3.23. The smallest absolute Gasteiger partial charge is 0.223 e. The number of hydrogen-bond donors (Lipinski definition) is 1. The van der Waals surface area contributed by atoms with E-state index in [-0.39, 0.29) is 11.3 Å². The molecule has 0 radical (unpaired) electrons. The highest BCUT2D eigenvalue weighted by Gasteiger charge is 2.57. The molecule has 2 aliphatic heterocycles. The van der Waals surface area contributed by atoms with E-state index in [0.29, 0.717) is 6.42 Å². The van der Waals surface area contributed by atoms with Gasteiger partial charge in [0, 0.05) is 24.1 Å². The summed E-state index contributed by atoms with van der Waals surface area (Å²) in [4.78, 5) is 15.0. The van der Waals surface area contributed by atoms with Gasteiger partial charge in [0.05, 0.1) is 0 Å². The van der Waals surface area contributed by atoms with Crippen molar-refractivity contribution in [1.29, 1.82) is 0 Å². The van der Waals surface area contributed by atoms with Gasteiger partial charge < -0.3 is 10.2 Å². The summed E-state index contributed by atoms with van der Waals surface area (Å²) in [5.74, 6) is 0.118. The molecule has 6 rings (SSSR count). The molecule has 3 nitrogen and oxygen atoms in total. The normalized spacial score (nSPS) is 22.3. The number of carbonyl (C=O) groups is 1. The zero-order valence-corrected chi connectivity index (χ0v) is 18.9. The standard InChI is InChI=1S/C29H28N2O/c1-19-8-11-26-25(16-19)28(2,3)29(30-27(32)13-15-31(26)29)14-12-20-9-10-24-22(17-20)18-21-6-4-5-7-23(21)24/h4-12,14,16-17H,13,15,18H2,1-3H3,(H,30,32)/b14-12+/t29-/m1/s1. The first kappa shape index (κ1) is 19.4. The van der Waals surface area contributed by atoms with Crippen LogP contribution in [-0.4, -0.2) is 18.1 Å². The number of hydrogen-bond acceptors (Lipinski definition) is 2. The molecule has 32 heavy (non-hydrogen) atoms. The van der Waals surface area contributed by atoms with E-state index >= 15 is 0 Å². The lowest BCUT2D eigenvalue weighted by Gasteiger charge is -2.49. The van der Waals surface area contributed by atoms with E-state index in [2.05, 4.69) is 104 Å². The molecule has 3 aliphatic rings. The van der Waals surface area contributed by atoms with Crippen LogP contribution in [-0.2, 0) is 16.6 Å². The number of rotatable bonds is 2. The number of amides is 1. The lowest BCUT2D eigenvalue weighted by Crippen LogP contribution is -2.68. The number of nitrogens with one attached hydrogen (secondary N) is 1. The molecule has 160 valence electrons. The summed E-state index contributed by atoms with van der Waals surface area (Å²) in [6.07, 6.45) is 5.93. The van der Waals surface area contributed by atoms with E-state index in [1.165, 1.54) is 44.6 Å². The van der Waals surface area contributed by atoms with Crippen molar-refractivity contribution >= 4 is 17.7 Å². The molecule has 0 aromatic heterocycles. The van der Waals surface area contributed by atoms with Crippen molar-refractivity contribution in [2.75, 3.05) is 11.4 Å². The molecular formula is C29H28N2O. The van der Waals surface area contributed by atoms with E-state index in [1.807, 2.05) is 0 Å². The van der Waals surface area contributed by atoms with Crippen molar-refractivity contribution in [3.05, 3.63) is 94.6 Å². The van der Waals surface area contributed by atoms with Gasteiger partial charge in [0.25, 0.3) is 0 Å². The summed E-state index contributed by atoms with van der Waals surface area (Å²) < 4.78 is 0. The van der Waals surface area contributed by atoms with Gasteiger partial charge >= 0.3 is 0 Å². The number of fused-ring (bicyclic) bond motifs is 6. The van der Waals surface area contributed by atoms with Crippen LogP contribution in [0.3, 0.4) is 0 Å². The monoisotopic (exact) mass is 420 g/mol. The van der Waals surface area contributed by atoms with E-state index in [1.54, 1.807) is 0 Å². The molecule has 1 aliphatic carbocycles. The van der Waals surface area contributed by atoms with Crippen LogP contribution in [0.2, 0.25) is 0 Å². The lowest BCUT2D eigenvalue weighted by atomic mass is 9.74. The van der Waals surface area contributed by atoms with Crippen molar-refractivity contribution in [2.45, 2.75) is 44.7 Å². The molecule has 1 N–H and O–H groups in total. The van der Waals surface area contributed by atoms with Crippen molar-refractivity contribution in [3.63, 3.8) is 0 Å². The Hall–Kier alpha value is -3.33. The zero-order valence-electron chi connectivity index (χ0n) is 18.9. The lowest BCUT2D eigenvalue weighted by molar-refractivity contribution is -0.124. The molecule has 1 amide bonds. The third-order valence-electron chi connectivity index (χ3n) is 7.72. The highest BCUT2D eigenvalue weighted by Crippen LogP contribution is 2.52. The SMILES string of the molecule is Cc1ccc2c(c1)C(C)(C)[C@]1(/C=C/c3ccc4c(c3)Cc3ccccc3-4)NC(=O)CCN21. The number of anilines is 1. The maximum absolute atomic E-state index is 12.6. The minimum Gasteiger partial charge on any atom is -0.344 e. The second-order valence-electron chi connectivity index (χ2n) is 9.95. The predicted molar refractivity (Wildman–Crippen MR) is 131 cm³/mol. The molecule has 3 aromatic rings. The zero-order chi connectivity index (χ0) is 22.1. The first-order valence-electron chi connectivity index (χ1n) is 11.5. The number of carbonyl (C=O) groups excluding carboxylic acids is 1. The van der Waals surface area contributed by atoms with Gasteiger partial charge in [-0.1, -0.05) is 80.1 Å².